The molecule has 0 saturated carbocycles. The zero-order valence-electron chi connectivity index (χ0n) is 10.5. The second-order valence-corrected chi connectivity index (χ2v) is 4.39. The van der Waals surface area contributed by atoms with Gasteiger partial charge < -0.3 is 9.47 Å². The maximum Gasteiger partial charge on any atom is 0.179 e. The monoisotopic (exact) mass is 253 g/mol. The number of rotatable bonds is 4. The van der Waals surface area contributed by atoms with Gasteiger partial charge >= 0.3 is 0 Å². The molecule has 0 aliphatic carbocycles. The van der Waals surface area contributed by atoms with Gasteiger partial charge in [-0.2, -0.15) is 5.26 Å². The highest BCUT2D eigenvalue weighted by Crippen LogP contribution is 2.43. The Kier molecular flexibility index (Phi) is 4.65. The first-order valence-corrected chi connectivity index (χ1v) is 5.74. The molecule has 17 heavy (non-hydrogen) atoms. The van der Waals surface area contributed by atoms with E-state index in [1.165, 1.54) is 0 Å². The van der Waals surface area contributed by atoms with Crippen molar-refractivity contribution >= 4 is 11.6 Å². The number of methoxy groups -OCH3 is 2. The van der Waals surface area contributed by atoms with Gasteiger partial charge in [0, 0.05) is 5.56 Å². The molecule has 0 atom stereocenters. The molecule has 0 fully saturated rings. The fourth-order valence-electron chi connectivity index (χ4n) is 1.93. The van der Waals surface area contributed by atoms with E-state index in [4.69, 9.17) is 26.3 Å². The van der Waals surface area contributed by atoms with Crippen molar-refractivity contribution in [2.75, 3.05) is 14.2 Å². The number of nitriles is 1. The Morgan fingerprint density at radius 1 is 1.29 bits per heavy atom. The summed E-state index contributed by atoms with van der Waals surface area (Å²) in [7, 11) is 3.13. The highest BCUT2D eigenvalue weighted by atomic mass is 35.5. The quantitative estimate of drug-likeness (QED) is 0.824. The predicted octanol–water partition coefficient (Wildman–Crippen LogP) is 3.55. The van der Waals surface area contributed by atoms with Gasteiger partial charge in [-0.05, 0) is 17.5 Å². The van der Waals surface area contributed by atoms with Crippen LogP contribution in [0.2, 0.25) is 5.02 Å². The zero-order chi connectivity index (χ0) is 13.0. The molecular weight excluding hydrogens is 238 g/mol. The van der Waals surface area contributed by atoms with Gasteiger partial charge in [-0.1, -0.05) is 25.4 Å². The summed E-state index contributed by atoms with van der Waals surface area (Å²) in [5.74, 6) is 1.39. The lowest BCUT2D eigenvalue weighted by molar-refractivity contribution is 0.350. The van der Waals surface area contributed by atoms with Crippen LogP contribution in [0.25, 0.3) is 0 Å². The van der Waals surface area contributed by atoms with Gasteiger partial charge in [0.05, 0.1) is 31.7 Å². The number of ether oxygens (including phenoxy) is 2. The summed E-state index contributed by atoms with van der Waals surface area (Å²) >= 11 is 6.11. The lowest BCUT2D eigenvalue weighted by Gasteiger charge is -2.19. The smallest absolute Gasteiger partial charge is 0.179 e. The zero-order valence-corrected chi connectivity index (χ0v) is 11.3. The van der Waals surface area contributed by atoms with Crippen molar-refractivity contribution in [1.29, 1.82) is 5.26 Å². The standard InChI is InChI=1S/C13H16ClNO2/c1-8(2)11-9(5-6-15)7-10(14)12(16-3)13(11)17-4/h7-8H,5H2,1-4H3. The number of benzene rings is 1. The molecule has 0 amide bonds. The largest absolute Gasteiger partial charge is 0.492 e. The molecule has 0 aliphatic rings. The molecule has 0 radical (unpaired) electrons. The van der Waals surface area contributed by atoms with Crippen LogP contribution in [0.15, 0.2) is 6.07 Å². The number of nitrogens with zero attached hydrogens (tertiary/aromatic N) is 1. The second-order valence-electron chi connectivity index (χ2n) is 3.99. The number of hydrogen-bond donors (Lipinski definition) is 0. The van der Waals surface area contributed by atoms with E-state index >= 15 is 0 Å². The molecule has 0 bridgehead atoms. The van der Waals surface area contributed by atoms with E-state index in [1.54, 1.807) is 20.3 Å². The van der Waals surface area contributed by atoms with Gasteiger partial charge in [0.1, 0.15) is 0 Å². The number of hydrogen-bond acceptors (Lipinski definition) is 3. The van der Waals surface area contributed by atoms with Crippen LogP contribution in [0, 0.1) is 11.3 Å². The SMILES string of the molecule is COc1c(Cl)cc(CC#N)c(C(C)C)c1OC. The minimum Gasteiger partial charge on any atom is -0.492 e. The van der Waals surface area contributed by atoms with E-state index < -0.39 is 0 Å². The first kappa shape index (κ1) is 13.7. The molecule has 1 aromatic rings. The highest BCUT2D eigenvalue weighted by molar-refractivity contribution is 6.32. The summed E-state index contributed by atoms with van der Waals surface area (Å²) in [6.07, 6.45) is 0.313. The van der Waals surface area contributed by atoms with E-state index in [2.05, 4.69) is 6.07 Å². The van der Waals surface area contributed by atoms with Crippen molar-refractivity contribution < 1.29 is 9.47 Å². The van der Waals surface area contributed by atoms with Crippen molar-refractivity contribution in [3.8, 4) is 17.6 Å². The van der Waals surface area contributed by atoms with Crippen LogP contribution in [0.3, 0.4) is 0 Å². The Balaban J connectivity index is 3.54. The minimum atomic E-state index is 0.236. The fourth-order valence-corrected chi connectivity index (χ4v) is 2.22. The molecule has 0 N–H and O–H groups in total. The van der Waals surface area contributed by atoms with Gasteiger partial charge in [0.2, 0.25) is 0 Å². The Hall–Kier alpha value is -1.40. The van der Waals surface area contributed by atoms with Gasteiger partial charge in [-0.15, -0.1) is 0 Å². The van der Waals surface area contributed by atoms with E-state index in [1.807, 2.05) is 13.8 Å². The third kappa shape index (κ3) is 2.65. The van der Waals surface area contributed by atoms with Crippen molar-refractivity contribution in [1.82, 2.24) is 0 Å². The van der Waals surface area contributed by atoms with Crippen LogP contribution in [0.5, 0.6) is 11.5 Å². The first-order valence-electron chi connectivity index (χ1n) is 5.37. The van der Waals surface area contributed by atoms with E-state index in [-0.39, 0.29) is 5.92 Å². The summed E-state index contributed by atoms with van der Waals surface area (Å²) in [6, 6.07) is 3.92. The molecule has 0 aromatic heterocycles. The Morgan fingerprint density at radius 2 is 1.88 bits per heavy atom. The summed E-state index contributed by atoms with van der Waals surface area (Å²) in [4.78, 5) is 0. The maximum absolute atomic E-state index is 8.84. The molecule has 92 valence electrons. The van der Waals surface area contributed by atoms with Gasteiger partial charge in [-0.3, -0.25) is 0 Å². The minimum absolute atomic E-state index is 0.236. The number of halogens is 1. The molecule has 3 nitrogen and oxygen atoms in total. The van der Waals surface area contributed by atoms with Gasteiger partial charge in [0.25, 0.3) is 0 Å². The predicted molar refractivity (Wildman–Crippen MR) is 68.0 cm³/mol. The topological polar surface area (TPSA) is 42.2 Å². The molecule has 0 aliphatic heterocycles. The van der Waals surface area contributed by atoms with Crippen LogP contribution < -0.4 is 9.47 Å². The summed E-state index contributed by atoms with van der Waals surface area (Å²) < 4.78 is 10.6. The van der Waals surface area contributed by atoms with E-state index in [9.17, 15) is 0 Å². The average molecular weight is 254 g/mol. The molecule has 4 heteroatoms. The van der Waals surface area contributed by atoms with E-state index in [0.29, 0.717) is 22.9 Å². The highest BCUT2D eigenvalue weighted by Gasteiger charge is 2.20. The fraction of sp³-hybridized carbons (Fsp3) is 0.462. The summed E-state index contributed by atoms with van der Waals surface area (Å²) in [5.41, 5.74) is 1.88. The van der Waals surface area contributed by atoms with Crippen molar-refractivity contribution in [2.24, 2.45) is 0 Å². The normalized spacial score (nSPS) is 10.2. The van der Waals surface area contributed by atoms with Crippen LogP contribution in [0.1, 0.15) is 30.9 Å². The van der Waals surface area contributed by atoms with Crippen LogP contribution in [0.4, 0.5) is 0 Å². The molecule has 1 aromatic carbocycles. The van der Waals surface area contributed by atoms with Crippen LogP contribution in [-0.4, -0.2) is 14.2 Å². The Bertz CT molecular complexity index is 450. The second kappa shape index (κ2) is 5.79. The lowest BCUT2D eigenvalue weighted by Crippen LogP contribution is -2.03. The van der Waals surface area contributed by atoms with Crippen molar-refractivity contribution in [3.05, 3.63) is 22.2 Å². The Labute approximate surface area is 107 Å². The molecule has 0 unspecified atom stereocenters. The third-order valence-corrected chi connectivity index (χ3v) is 2.85. The lowest BCUT2D eigenvalue weighted by atomic mass is 9.94. The molecule has 0 heterocycles. The molecule has 1 rings (SSSR count). The van der Waals surface area contributed by atoms with Crippen LogP contribution >= 0.6 is 11.6 Å². The Morgan fingerprint density at radius 3 is 2.29 bits per heavy atom. The third-order valence-electron chi connectivity index (χ3n) is 2.57. The molecule has 0 saturated heterocycles. The van der Waals surface area contributed by atoms with Gasteiger partial charge in [-0.25, -0.2) is 0 Å². The first-order chi connectivity index (χ1) is 8.06. The molecule has 0 spiro atoms. The van der Waals surface area contributed by atoms with Crippen molar-refractivity contribution in [2.45, 2.75) is 26.2 Å². The maximum atomic E-state index is 8.84. The van der Waals surface area contributed by atoms with Gasteiger partial charge in [0.15, 0.2) is 11.5 Å². The summed E-state index contributed by atoms with van der Waals surface area (Å²) in [5, 5.41) is 9.31. The van der Waals surface area contributed by atoms with Crippen molar-refractivity contribution in [3.63, 3.8) is 0 Å². The average Bonchev–Trinajstić information content (AvgIpc) is 2.27. The summed E-state index contributed by atoms with van der Waals surface area (Å²) in [6.45, 7) is 4.10. The van der Waals surface area contributed by atoms with E-state index in [0.717, 1.165) is 11.1 Å². The van der Waals surface area contributed by atoms with Crippen LogP contribution in [-0.2, 0) is 6.42 Å². The molecular formula is C13H16ClNO2.